The van der Waals surface area contributed by atoms with Gasteiger partial charge in [0.1, 0.15) is 0 Å². The normalized spacial score (nSPS) is 24.5. The lowest BCUT2D eigenvalue weighted by Crippen LogP contribution is -2.47. The molecule has 2 atom stereocenters. The highest BCUT2D eigenvalue weighted by Crippen LogP contribution is 2.41. The lowest BCUT2D eigenvalue weighted by atomic mass is 10.0. The zero-order valence-corrected chi connectivity index (χ0v) is 18.4. The summed E-state index contributed by atoms with van der Waals surface area (Å²) in [6.45, 7) is 0.962. The average molecular weight is 468 g/mol. The number of amides is 1. The Balaban J connectivity index is 0.00000160. The fraction of sp³-hybridized carbons (Fsp3) is 0.667. The Morgan fingerprint density at radius 2 is 1.80 bits per heavy atom. The van der Waals surface area contributed by atoms with E-state index >= 15 is 0 Å². The van der Waals surface area contributed by atoms with Crippen LogP contribution in [0, 0.1) is 5.92 Å². The topological polar surface area (TPSA) is 44.4 Å². The highest BCUT2D eigenvalue weighted by atomic mass is 35.5. The third-order valence-corrected chi connectivity index (χ3v) is 6.06. The van der Waals surface area contributed by atoms with Crippen LogP contribution >= 0.6 is 24.8 Å². The van der Waals surface area contributed by atoms with Crippen molar-refractivity contribution in [2.75, 3.05) is 26.2 Å². The van der Waals surface area contributed by atoms with Gasteiger partial charge in [-0.05, 0) is 62.3 Å². The van der Waals surface area contributed by atoms with Gasteiger partial charge in [0.15, 0.2) is 0 Å². The molecule has 2 N–H and O–H groups in total. The van der Waals surface area contributed by atoms with Crippen molar-refractivity contribution in [3.63, 3.8) is 0 Å². The second-order valence-corrected chi connectivity index (χ2v) is 8.56. The van der Waals surface area contributed by atoms with Gasteiger partial charge in [-0.15, -0.1) is 24.8 Å². The average Bonchev–Trinajstić information content (AvgIpc) is 3.55. The molecule has 0 aromatic heterocycles. The van der Waals surface area contributed by atoms with E-state index in [0.717, 1.165) is 18.9 Å². The first-order chi connectivity index (χ1) is 13.4. The van der Waals surface area contributed by atoms with E-state index in [1.807, 2.05) is 18.2 Å². The van der Waals surface area contributed by atoms with Crippen LogP contribution in [0.15, 0.2) is 24.3 Å². The van der Waals surface area contributed by atoms with Gasteiger partial charge in [0.05, 0.1) is 6.54 Å². The Kier molecular flexibility index (Phi) is 8.86. The standard InChI is InChI=1S/C21H28F3N3O.2ClH/c22-21(23,24)13-27-8-6-17(7-9-27)26-20(28)16-3-1-2-15(10-16)18-11-19(18)25-12-14-4-5-14;;/h1-3,10,14,17-19,25H,4-9,11-13H2,(H,26,28);2*1H/t18-,19+;;/m0../s1. The third kappa shape index (κ3) is 7.29. The van der Waals surface area contributed by atoms with Crippen LogP contribution < -0.4 is 10.6 Å². The van der Waals surface area contributed by atoms with Crippen LogP contribution in [0.4, 0.5) is 13.2 Å². The molecule has 1 aliphatic heterocycles. The number of hydrogen-bond acceptors (Lipinski definition) is 3. The molecule has 1 amide bonds. The molecule has 0 unspecified atom stereocenters. The van der Waals surface area contributed by atoms with Crippen LogP contribution in [0.5, 0.6) is 0 Å². The molecular formula is C21H30Cl2F3N3O. The van der Waals surface area contributed by atoms with Crippen LogP contribution in [-0.2, 0) is 0 Å². The molecular weight excluding hydrogens is 438 g/mol. The Hall–Kier alpha value is -1.02. The number of halogens is 5. The first-order valence-corrected chi connectivity index (χ1v) is 10.3. The summed E-state index contributed by atoms with van der Waals surface area (Å²) >= 11 is 0. The molecule has 2 saturated carbocycles. The van der Waals surface area contributed by atoms with Gasteiger partial charge >= 0.3 is 6.18 Å². The van der Waals surface area contributed by atoms with E-state index in [9.17, 15) is 18.0 Å². The van der Waals surface area contributed by atoms with Crippen molar-refractivity contribution >= 4 is 30.7 Å². The molecule has 4 rings (SSSR count). The molecule has 0 spiro atoms. The summed E-state index contributed by atoms with van der Waals surface area (Å²) in [4.78, 5) is 14.0. The summed E-state index contributed by atoms with van der Waals surface area (Å²) in [5.74, 6) is 1.22. The van der Waals surface area contributed by atoms with Crippen molar-refractivity contribution < 1.29 is 18.0 Å². The maximum atomic E-state index is 12.6. The summed E-state index contributed by atoms with van der Waals surface area (Å²) in [7, 11) is 0. The lowest BCUT2D eigenvalue weighted by molar-refractivity contribution is -0.148. The number of nitrogens with one attached hydrogen (secondary N) is 2. The minimum absolute atomic E-state index is 0. The van der Waals surface area contributed by atoms with Crippen LogP contribution in [0.25, 0.3) is 0 Å². The second-order valence-electron chi connectivity index (χ2n) is 8.56. The Labute approximate surface area is 188 Å². The van der Waals surface area contributed by atoms with Crippen molar-refractivity contribution in [3.8, 4) is 0 Å². The van der Waals surface area contributed by atoms with Crippen LogP contribution in [0.2, 0.25) is 0 Å². The Bertz CT molecular complexity index is 707. The molecule has 9 heteroatoms. The summed E-state index contributed by atoms with van der Waals surface area (Å²) in [5, 5.41) is 6.62. The molecule has 1 saturated heterocycles. The fourth-order valence-corrected chi connectivity index (χ4v) is 4.10. The number of alkyl halides is 3. The predicted octanol–water partition coefficient (Wildman–Crippen LogP) is 4.14. The molecule has 3 fully saturated rings. The summed E-state index contributed by atoms with van der Waals surface area (Å²) in [5.41, 5.74) is 1.84. The number of piperidine rings is 1. The molecule has 0 radical (unpaired) electrons. The molecule has 30 heavy (non-hydrogen) atoms. The number of carbonyl (C=O) groups excluding carboxylic acids is 1. The van der Waals surface area contributed by atoms with Crippen molar-refractivity contribution in [2.45, 2.75) is 56.3 Å². The first-order valence-electron chi connectivity index (χ1n) is 10.3. The minimum Gasteiger partial charge on any atom is -0.349 e. The Morgan fingerprint density at radius 1 is 1.10 bits per heavy atom. The maximum Gasteiger partial charge on any atom is 0.401 e. The number of nitrogens with zero attached hydrogens (tertiary/aromatic N) is 1. The van der Waals surface area contributed by atoms with E-state index < -0.39 is 12.7 Å². The number of hydrogen-bond donors (Lipinski definition) is 2. The van der Waals surface area contributed by atoms with Gasteiger partial charge in [-0.25, -0.2) is 0 Å². The van der Waals surface area contributed by atoms with E-state index in [-0.39, 0.29) is 36.8 Å². The SMILES string of the molecule is Cl.Cl.O=C(NC1CCN(CC(F)(F)F)CC1)c1cccc([C@@H]2C[C@H]2NCC2CC2)c1. The predicted molar refractivity (Wildman–Crippen MR) is 116 cm³/mol. The van der Waals surface area contributed by atoms with Crippen molar-refractivity contribution in [1.29, 1.82) is 0 Å². The molecule has 1 heterocycles. The van der Waals surface area contributed by atoms with Crippen LogP contribution in [0.1, 0.15) is 53.9 Å². The third-order valence-electron chi connectivity index (χ3n) is 6.06. The largest absolute Gasteiger partial charge is 0.401 e. The van der Waals surface area contributed by atoms with E-state index in [1.54, 1.807) is 0 Å². The van der Waals surface area contributed by atoms with Crippen molar-refractivity contribution in [1.82, 2.24) is 15.5 Å². The fourth-order valence-electron chi connectivity index (χ4n) is 4.10. The second kappa shape index (κ2) is 10.5. The van der Waals surface area contributed by atoms with E-state index in [1.165, 1.54) is 23.3 Å². The molecule has 0 bridgehead atoms. The summed E-state index contributed by atoms with van der Waals surface area (Å²) < 4.78 is 37.4. The van der Waals surface area contributed by atoms with Crippen molar-refractivity contribution in [2.24, 2.45) is 5.92 Å². The molecule has 3 aliphatic rings. The van der Waals surface area contributed by atoms with Gasteiger partial charge in [-0.3, -0.25) is 9.69 Å². The van der Waals surface area contributed by atoms with E-state index in [2.05, 4.69) is 16.7 Å². The zero-order valence-electron chi connectivity index (χ0n) is 16.8. The molecule has 2 aliphatic carbocycles. The maximum absolute atomic E-state index is 12.6. The van der Waals surface area contributed by atoms with E-state index in [4.69, 9.17) is 0 Å². The van der Waals surface area contributed by atoms with Gasteiger partial charge in [0, 0.05) is 36.7 Å². The first kappa shape index (κ1) is 25.2. The molecule has 1 aromatic rings. The lowest BCUT2D eigenvalue weighted by Gasteiger charge is -2.32. The van der Waals surface area contributed by atoms with E-state index in [0.29, 0.717) is 43.5 Å². The highest BCUT2D eigenvalue weighted by Gasteiger charge is 2.39. The quantitative estimate of drug-likeness (QED) is 0.633. The van der Waals surface area contributed by atoms with Gasteiger partial charge in [0.25, 0.3) is 5.91 Å². The molecule has 4 nitrogen and oxygen atoms in total. The monoisotopic (exact) mass is 467 g/mol. The van der Waals surface area contributed by atoms with Gasteiger partial charge < -0.3 is 10.6 Å². The number of likely N-dealkylation sites (tertiary alicyclic amines) is 1. The Morgan fingerprint density at radius 3 is 2.43 bits per heavy atom. The van der Waals surface area contributed by atoms with Gasteiger partial charge in [-0.2, -0.15) is 13.2 Å². The van der Waals surface area contributed by atoms with Crippen LogP contribution in [0.3, 0.4) is 0 Å². The number of carbonyl (C=O) groups is 1. The smallest absolute Gasteiger partial charge is 0.349 e. The molecule has 170 valence electrons. The van der Waals surface area contributed by atoms with Crippen LogP contribution in [-0.4, -0.2) is 55.2 Å². The van der Waals surface area contributed by atoms with Gasteiger partial charge in [-0.1, -0.05) is 12.1 Å². The summed E-state index contributed by atoms with van der Waals surface area (Å²) in [6.07, 6.45) is 0.749. The molecule has 1 aromatic carbocycles. The van der Waals surface area contributed by atoms with Crippen molar-refractivity contribution in [3.05, 3.63) is 35.4 Å². The number of rotatable bonds is 7. The highest BCUT2D eigenvalue weighted by molar-refractivity contribution is 5.94. The zero-order chi connectivity index (χ0) is 19.7. The number of benzene rings is 1. The van der Waals surface area contributed by atoms with Gasteiger partial charge in [0.2, 0.25) is 0 Å². The summed E-state index contributed by atoms with van der Waals surface area (Å²) in [6, 6.07) is 8.25. The minimum atomic E-state index is -4.16.